The summed E-state index contributed by atoms with van der Waals surface area (Å²) in [5, 5.41) is 0. The van der Waals surface area contributed by atoms with Crippen LogP contribution < -0.4 is 0 Å². The third-order valence-corrected chi connectivity index (χ3v) is 3.07. The summed E-state index contributed by atoms with van der Waals surface area (Å²) in [5.74, 6) is 0.00973. The molecule has 1 aromatic rings. The van der Waals surface area contributed by atoms with Crippen molar-refractivity contribution in [1.29, 1.82) is 0 Å². The monoisotopic (exact) mass is 269 g/mol. The average molecular weight is 269 g/mol. The van der Waals surface area contributed by atoms with Crippen LogP contribution in [0.4, 0.5) is 13.2 Å². The molecule has 0 atom stereocenters. The summed E-state index contributed by atoms with van der Waals surface area (Å²) in [6.45, 7) is 1.17. The van der Waals surface area contributed by atoms with Crippen molar-refractivity contribution in [3.63, 3.8) is 0 Å². The number of benzene rings is 1. The fourth-order valence-corrected chi connectivity index (χ4v) is 2.04. The topological polar surface area (TPSA) is 20.3 Å². The summed E-state index contributed by atoms with van der Waals surface area (Å²) in [6.07, 6.45) is -2.39. The molecule has 0 aliphatic carbocycles. The van der Waals surface area contributed by atoms with Gasteiger partial charge in [-0.1, -0.05) is 12.1 Å². The molecule has 0 bridgehead atoms. The van der Waals surface area contributed by atoms with Gasteiger partial charge in [-0.2, -0.15) is 13.2 Å². The number of hydrogen-bond donors (Lipinski definition) is 0. The van der Waals surface area contributed by atoms with Crippen molar-refractivity contribution in [1.82, 2.24) is 4.90 Å². The Bertz CT molecular complexity index is 520. The molecule has 0 aromatic heterocycles. The van der Waals surface area contributed by atoms with E-state index in [2.05, 4.69) is 0 Å². The number of ketones is 1. The van der Waals surface area contributed by atoms with Gasteiger partial charge in [0, 0.05) is 25.1 Å². The minimum Gasteiger partial charge on any atom is -0.302 e. The number of alkyl halides is 3. The van der Waals surface area contributed by atoms with Crippen LogP contribution in [0.1, 0.15) is 17.5 Å². The van der Waals surface area contributed by atoms with Gasteiger partial charge in [-0.15, -0.1) is 0 Å². The van der Waals surface area contributed by atoms with Crippen LogP contribution in [0.2, 0.25) is 0 Å². The fraction of sp³-hybridized carbons (Fsp3) is 0.357. The van der Waals surface area contributed by atoms with Crippen molar-refractivity contribution in [3.05, 3.63) is 41.0 Å². The standard InChI is InChI=1S/C14H14F3NO/c1-18-6-5-13(19)11(9-18)7-10-3-2-4-12(8-10)14(15,16)17/h2-4,7-8H,5-6,9H2,1H3/b11-7+. The quantitative estimate of drug-likeness (QED) is 0.730. The van der Waals surface area contributed by atoms with E-state index in [4.69, 9.17) is 0 Å². The Hall–Kier alpha value is -1.62. The van der Waals surface area contributed by atoms with Crippen molar-refractivity contribution in [2.45, 2.75) is 12.6 Å². The molecule has 1 heterocycles. The van der Waals surface area contributed by atoms with E-state index in [1.807, 2.05) is 11.9 Å². The minimum atomic E-state index is -4.36. The van der Waals surface area contributed by atoms with Gasteiger partial charge < -0.3 is 4.90 Å². The molecule has 5 heteroatoms. The van der Waals surface area contributed by atoms with Crippen LogP contribution in [0.15, 0.2) is 29.8 Å². The number of nitrogens with zero attached hydrogens (tertiary/aromatic N) is 1. The van der Waals surface area contributed by atoms with Crippen LogP contribution >= 0.6 is 0 Å². The number of piperidine rings is 1. The number of rotatable bonds is 1. The first kappa shape index (κ1) is 13.8. The highest BCUT2D eigenvalue weighted by Crippen LogP contribution is 2.30. The van der Waals surface area contributed by atoms with Crippen molar-refractivity contribution < 1.29 is 18.0 Å². The van der Waals surface area contributed by atoms with Gasteiger partial charge in [0.05, 0.1) is 5.56 Å². The van der Waals surface area contributed by atoms with Crippen molar-refractivity contribution >= 4 is 11.9 Å². The zero-order chi connectivity index (χ0) is 14.0. The number of likely N-dealkylation sites (tertiary alicyclic amines) is 1. The number of halogens is 3. The average Bonchev–Trinajstić information content (AvgIpc) is 2.33. The number of hydrogen-bond acceptors (Lipinski definition) is 2. The van der Waals surface area contributed by atoms with Gasteiger partial charge >= 0.3 is 6.18 Å². The van der Waals surface area contributed by atoms with E-state index in [-0.39, 0.29) is 5.78 Å². The molecular formula is C14H14F3NO. The molecule has 102 valence electrons. The molecule has 0 radical (unpaired) electrons. The van der Waals surface area contributed by atoms with Crippen LogP contribution in [-0.4, -0.2) is 30.8 Å². The summed E-state index contributed by atoms with van der Waals surface area (Å²) in [4.78, 5) is 13.7. The molecule has 19 heavy (non-hydrogen) atoms. The molecule has 0 N–H and O–H groups in total. The number of carbonyl (C=O) groups is 1. The van der Waals surface area contributed by atoms with E-state index in [1.165, 1.54) is 6.07 Å². The van der Waals surface area contributed by atoms with E-state index in [0.717, 1.165) is 12.1 Å². The highest BCUT2D eigenvalue weighted by atomic mass is 19.4. The second-order valence-electron chi connectivity index (χ2n) is 4.70. The van der Waals surface area contributed by atoms with Crippen LogP contribution in [0, 0.1) is 0 Å². The van der Waals surface area contributed by atoms with E-state index >= 15 is 0 Å². The molecule has 1 saturated heterocycles. The Morgan fingerprint density at radius 1 is 1.32 bits per heavy atom. The van der Waals surface area contributed by atoms with Gasteiger partial charge in [0.25, 0.3) is 0 Å². The second-order valence-corrected chi connectivity index (χ2v) is 4.70. The Balaban J connectivity index is 2.29. The van der Waals surface area contributed by atoms with Gasteiger partial charge in [-0.25, -0.2) is 0 Å². The normalized spacial score (nSPS) is 20.0. The Morgan fingerprint density at radius 3 is 2.74 bits per heavy atom. The van der Waals surface area contributed by atoms with Gasteiger partial charge in [0.15, 0.2) is 5.78 Å². The Labute approximate surface area is 109 Å². The maximum Gasteiger partial charge on any atom is 0.416 e. The van der Waals surface area contributed by atoms with Gasteiger partial charge in [-0.3, -0.25) is 4.79 Å². The van der Waals surface area contributed by atoms with Gasteiger partial charge in [-0.05, 0) is 30.8 Å². The van der Waals surface area contributed by atoms with E-state index < -0.39 is 11.7 Å². The van der Waals surface area contributed by atoms with Crippen LogP contribution in [0.5, 0.6) is 0 Å². The zero-order valence-electron chi connectivity index (χ0n) is 10.5. The van der Waals surface area contributed by atoms with E-state index in [1.54, 1.807) is 12.1 Å². The molecule has 1 aromatic carbocycles. The third kappa shape index (κ3) is 3.44. The number of carbonyl (C=O) groups excluding carboxylic acids is 1. The maximum atomic E-state index is 12.6. The lowest BCUT2D eigenvalue weighted by atomic mass is 10.00. The molecule has 1 fully saturated rings. The molecule has 2 rings (SSSR count). The summed E-state index contributed by atoms with van der Waals surface area (Å²) < 4.78 is 37.8. The molecule has 0 spiro atoms. The van der Waals surface area contributed by atoms with Gasteiger partial charge in [0.1, 0.15) is 0 Å². The van der Waals surface area contributed by atoms with Crippen molar-refractivity contribution in [2.75, 3.05) is 20.1 Å². The summed E-state index contributed by atoms with van der Waals surface area (Å²) in [7, 11) is 1.88. The largest absolute Gasteiger partial charge is 0.416 e. The van der Waals surface area contributed by atoms with Crippen LogP contribution in [0.3, 0.4) is 0 Å². The molecule has 1 aliphatic rings. The van der Waals surface area contributed by atoms with Crippen LogP contribution in [-0.2, 0) is 11.0 Å². The molecule has 2 nitrogen and oxygen atoms in total. The van der Waals surface area contributed by atoms with Crippen molar-refractivity contribution in [2.24, 2.45) is 0 Å². The molecule has 0 unspecified atom stereocenters. The van der Waals surface area contributed by atoms with Crippen molar-refractivity contribution in [3.8, 4) is 0 Å². The summed E-state index contributed by atoms with van der Waals surface area (Å²) >= 11 is 0. The zero-order valence-corrected chi connectivity index (χ0v) is 10.5. The summed E-state index contributed by atoms with van der Waals surface area (Å²) in [5.41, 5.74) is 0.278. The molecule has 1 aliphatic heterocycles. The highest BCUT2D eigenvalue weighted by Gasteiger charge is 2.30. The Morgan fingerprint density at radius 2 is 2.05 bits per heavy atom. The van der Waals surface area contributed by atoms with E-state index in [0.29, 0.717) is 30.6 Å². The highest BCUT2D eigenvalue weighted by molar-refractivity contribution is 6.00. The number of Topliss-reactive ketones (excluding diaryl/α,β-unsaturated/α-hetero) is 1. The van der Waals surface area contributed by atoms with Gasteiger partial charge in [0.2, 0.25) is 0 Å². The molecule has 0 amide bonds. The first-order valence-electron chi connectivity index (χ1n) is 5.96. The second kappa shape index (κ2) is 5.17. The smallest absolute Gasteiger partial charge is 0.302 e. The lowest BCUT2D eigenvalue weighted by Crippen LogP contribution is -2.32. The lowest BCUT2D eigenvalue weighted by molar-refractivity contribution is -0.137. The van der Waals surface area contributed by atoms with Crippen LogP contribution in [0.25, 0.3) is 6.08 Å². The third-order valence-electron chi connectivity index (χ3n) is 3.07. The first-order valence-corrected chi connectivity index (χ1v) is 5.96. The summed E-state index contributed by atoms with van der Waals surface area (Å²) in [6, 6.07) is 5.02. The first-order chi connectivity index (χ1) is 8.86. The Kier molecular flexibility index (Phi) is 3.75. The van der Waals surface area contributed by atoms with E-state index in [9.17, 15) is 18.0 Å². The minimum absolute atomic E-state index is 0.00973. The SMILES string of the molecule is CN1CCC(=O)/C(=C/c2cccc(C(F)(F)F)c2)C1. The maximum absolute atomic E-state index is 12.6. The fourth-order valence-electron chi connectivity index (χ4n) is 2.04. The number of likely N-dealkylation sites (N-methyl/N-ethyl adjacent to an activating group) is 1. The lowest BCUT2D eigenvalue weighted by Gasteiger charge is -2.23. The molecule has 0 saturated carbocycles. The predicted octanol–water partition coefficient (Wildman–Crippen LogP) is 2.99. The molecular weight excluding hydrogens is 255 g/mol. The predicted molar refractivity (Wildman–Crippen MR) is 66.5 cm³/mol.